The van der Waals surface area contributed by atoms with E-state index in [1.54, 1.807) is 17.2 Å². The molecule has 0 aliphatic rings. The first kappa shape index (κ1) is 9.71. The van der Waals surface area contributed by atoms with Crippen molar-refractivity contribution in [2.24, 2.45) is 0 Å². The van der Waals surface area contributed by atoms with E-state index in [1.807, 2.05) is 37.3 Å². The van der Waals surface area contributed by atoms with Gasteiger partial charge in [0.05, 0.1) is 12.4 Å². The maximum Gasteiger partial charge on any atom is 0.209 e. The largest absolute Gasteiger partial charge is 0.467 e. The Hall–Kier alpha value is -1.84. The lowest BCUT2D eigenvalue weighted by Crippen LogP contribution is -2.17. The molecule has 0 fully saturated rings. The van der Waals surface area contributed by atoms with E-state index in [0.29, 0.717) is 0 Å². The van der Waals surface area contributed by atoms with Gasteiger partial charge in [-0.15, -0.1) is 4.80 Å². The predicted molar refractivity (Wildman–Crippen MR) is 56.4 cm³/mol. The first-order valence-electron chi connectivity index (χ1n) is 4.97. The van der Waals surface area contributed by atoms with Gasteiger partial charge < -0.3 is 4.74 Å². The average molecular weight is 203 g/mol. The molecule has 0 aliphatic carbocycles. The summed E-state index contributed by atoms with van der Waals surface area (Å²) >= 11 is 0. The third-order valence-corrected chi connectivity index (χ3v) is 2.06. The summed E-state index contributed by atoms with van der Waals surface area (Å²) in [4.78, 5) is 1.58. The maximum absolute atomic E-state index is 5.75. The van der Waals surface area contributed by atoms with Crippen molar-refractivity contribution in [2.75, 3.05) is 0 Å². The van der Waals surface area contributed by atoms with Gasteiger partial charge in [-0.3, -0.25) is 0 Å². The average Bonchev–Trinajstić information content (AvgIpc) is 2.81. The molecule has 0 bridgehead atoms. The van der Waals surface area contributed by atoms with Crippen molar-refractivity contribution in [3.8, 4) is 5.75 Å². The summed E-state index contributed by atoms with van der Waals surface area (Å²) in [5.41, 5.74) is 0. The highest BCUT2D eigenvalue weighted by molar-refractivity contribution is 5.20. The van der Waals surface area contributed by atoms with Gasteiger partial charge >= 0.3 is 0 Å². The topological polar surface area (TPSA) is 39.9 Å². The molecule has 4 nitrogen and oxygen atoms in total. The summed E-state index contributed by atoms with van der Waals surface area (Å²) in [7, 11) is 0. The minimum absolute atomic E-state index is 0.137. The highest BCUT2D eigenvalue weighted by Crippen LogP contribution is 2.17. The lowest BCUT2D eigenvalue weighted by atomic mass is 10.3. The maximum atomic E-state index is 5.75. The van der Waals surface area contributed by atoms with E-state index >= 15 is 0 Å². The molecule has 0 N–H and O–H groups in total. The van der Waals surface area contributed by atoms with E-state index in [0.717, 1.165) is 12.2 Å². The van der Waals surface area contributed by atoms with Crippen molar-refractivity contribution in [1.82, 2.24) is 15.0 Å². The summed E-state index contributed by atoms with van der Waals surface area (Å²) < 4.78 is 5.75. The molecule has 0 saturated heterocycles. The lowest BCUT2D eigenvalue weighted by molar-refractivity contribution is 0.0982. The van der Waals surface area contributed by atoms with Crippen LogP contribution in [0.5, 0.6) is 5.75 Å². The number of aromatic nitrogens is 3. The summed E-state index contributed by atoms with van der Waals surface area (Å²) in [6, 6.07) is 9.69. The molecule has 1 aromatic heterocycles. The second-order valence-corrected chi connectivity index (χ2v) is 3.14. The Balaban J connectivity index is 2.10. The molecule has 4 heteroatoms. The first-order chi connectivity index (χ1) is 7.40. The van der Waals surface area contributed by atoms with Gasteiger partial charge in [-0.25, -0.2) is 0 Å². The number of hydrogen-bond donors (Lipinski definition) is 0. The molecular formula is C11H13N3O. The molecule has 0 aliphatic heterocycles. The first-order valence-corrected chi connectivity index (χ1v) is 4.97. The Labute approximate surface area is 88.5 Å². The third-order valence-electron chi connectivity index (χ3n) is 2.06. The Kier molecular flexibility index (Phi) is 2.97. The standard InChI is InChI=1S/C11H13N3O/c1-2-11(14-12-8-9-13-14)15-10-6-4-3-5-7-10/h3-9,11H,2H2,1H3. The van der Waals surface area contributed by atoms with Crippen LogP contribution in [0.4, 0.5) is 0 Å². The van der Waals surface area contributed by atoms with Crippen LogP contribution in [0.3, 0.4) is 0 Å². The van der Waals surface area contributed by atoms with Crippen molar-refractivity contribution in [2.45, 2.75) is 19.6 Å². The van der Waals surface area contributed by atoms with Crippen LogP contribution in [0.15, 0.2) is 42.7 Å². The quantitative estimate of drug-likeness (QED) is 0.765. The second kappa shape index (κ2) is 4.59. The van der Waals surface area contributed by atoms with Gasteiger partial charge in [-0.1, -0.05) is 25.1 Å². The molecule has 1 unspecified atom stereocenters. The molecule has 0 spiro atoms. The Morgan fingerprint density at radius 1 is 1.20 bits per heavy atom. The fourth-order valence-corrected chi connectivity index (χ4v) is 1.32. The van der Waals surface area contributed by atoms with Gasteiger partial charge in [-0.05, 0) is 12.1 Å². The van der Waals surface area contributed by atoms with Gasteiger partial charge in [0, 0.05) is 6.42 Å². The number of hydrogen-bond acceptors (Lipinski definition) is 3. The summed E-state index contributed by atoms with van der Waals surface area (Å²) in [5, 5.41) is 8.13. The van der Waals surface area contributed by atoms with Gasteiger partial charge in [-0.2, -0.15) is 10.2 Å². The summed E-state index contributed by atoms with van der Waals surface area (Å²) in [6.07, 6.45) is 3.99. The number of benzene rings is 1. The highest BCUT2D eigenvalue weighted by Gasteiger charge is 2.10. The zero-order valence-electron chi connectivity index (χ0n) is 8.58. The Morgan fingerprint density at radius 3 is 2.47 bits per heavy atom. The van der Waals surface area contributed by atoms with E-state index in [1.165, 1.54) is 0 Å². The molecule has 78 valence electrons. The van der Waals surface area contributed by atoms with Gasteiger partial charge in [0.2, 0.25) is 6.23 Å². The molecule has 15 heavy (non-hydrogen) atoms. The zero-order chi connectivity index (χ0) is 10.5. The molecule has 1 atom stereocenters. The third kappa shape index (κ3) is 2.34. The highest BCUT2D eigenvalue weighted by atomic mass is 16.5. The molecule has 0 radical (unpaired) electrons. The molecule has 0 amide bonds. The van der Waals surface area contributed by atoms with Gasteiger partial charge in [0.15, 0.2) is 0 Å². The monoisotopic (exact) mass is 203 g/mol. The van der Waals surface area contributed by atoms with E-state index < -0.39 is 0 Å². The molecule has 0 saturated carbocycles. The number of rotatable bonds is 4. The van der Waals surface area contributed by atoms with Gasteiger partial charge in [0.25, 0.3) is 0 Å². The van der Waals surface area contributed by atoms with E-state index in [9.17, 15) is 0 Å². The normalized spacial score (nSPS) is 12.3. The van der Waals surface area contributed by atoms with Crippen molar-refractivity contribution in [3.05, 3.63) is 42.7 Å². The van der Waals surface area contributed by atoms with Crippen molar-refractivity contribution >= 4 is 0 Å². The summed E-state index contributed by atoms with van der Waals surface area (Å²) in [5.74, 6) is 0.835. The van der Waals surface area contributed by atoms with Crippen LogP contribution in [-0.2, 0) is 0 Å². The van der Waals surface area contributed by atoms with Crippen LogP contribution in [0.2, 0.25) is 0 Å². The second-order valence-electron chi connectivity index (χ2n) is 3.14. The fraction of sp³-hybridized carbons (Fsp3) is 0.273. The smallest absolute Gasteiger partial charge is 0.209 e. The van der Waals surface area contributed by atoms with Crippen LogP contribution in [-0.4, -0.2) is 15.0 Å². The van der Waals surface area contributed by atoms with Crippen LogP contribution >= 0.6 is 0 Å². The number of nitrogens with zero attached hydrogens (tertiary/aromatic N) is 3. The minimum atomic E-state index is -0.137. The van der Waals surface area contributed by atoms with E-state index in [-0.39, 0.29) is 6.23 Å². The van der Waals surface area contributed by atoms with Crippen molar-refractivity contribution in [1.29, 1.82) is 0 Å². The lowest BCUT2D eigenvalue weighted by Gasteiger charge is -2.16. The fourth-order valence-electron chi connectivity index (χ4n) is 1.32. The molecule has 1 aromatic carbocycles. The van der Waals surface area contributed by atoms with Crippen LogP contribution < -0.4 is 4.74 Å². The Bertz CT molecular complexity index is 385. The SMILES string of the molecule is CCC(Oc1ccccc1)n1nccn1. The van der Waals surface area contributed by atoms with Crippen LogP contribution in [0, 0.1) is 0 Å². The van der Waals surface area contributed by atoms with E-state index in [4.69, 9.17) is 4.74 Å². The minimum Gasteiger partial charge on any atom is -0.467 e. The van der Waals surface area contributed by atoms with E-state index in [2.05, 4.69) is 10.2 Å². The summed E-state index contributed by atoms with van der Waals surface area (Å²) in [6.45, 7) is 2.04. The zero-order valence-corrected chi connectivity index (χ0v) is 8.58. The molecule has 1 heterocycles. The molecule has 2 aromatic rings. The van der Waals surface area contributed by atoms with Crippen LogP contribution in [0.1, 0.15) is 19.6 Å². The van der Waals surface area contributed by atoms with Crippen molar-refractivity contribution < 1.29 is 4.74 Å². The van der Waals surface area contributed by atoms with Crippen LogP contribution in [0.25, 0.3) is 0 Å². The number of para-hydroxylation sites is 1. The molecular weight excluding hydrogens is 190 g/mol. The Morgan fingerprint density at radius 2 is 1.87 bits per heavy atom. The van der Waals surface area contributed by atoms with Gasteiger partial charge in [0.1, 0.15) is 5.75 Å². The van der Waals surface area contributed by atoms with Crippen molar-refractivity contribution in [3.63, 3.8) is 0 Å². The number of ether oxygens (including phenoxy) is 1. The molecule has 2 rings (SSSR count). The predicted octanol–water partition coefficient (Wildman–Crippen LogP) is 2.27.